The molecule has 0 aromatic heterocycles. The molecule has 186 valence electrons. The lowest BCUT2D eigenvalue weighted by atomic mass is 9.69. The van der Waals surface area contributed by atoms with Gasteiger partial charge >= 0.3 is 11.9 Å². The number of rotatable bonds is 9. The molecule has 0 saturated heterocycles. The van der Waals surface area contributed by atoms with Crippen LogP contribution in [0.25, 0.3) is 0 Å². The Kier molecular flexibility index (Phi) is 9.07. The predicted molar refractivity (Wildman–Crippen MR) is 136 cm³/mol. The highest BCUT2D eigenvalue weighted by Gasteiger charge is 2.37. The fraction of sp³-hybridized carbons (Fsp3) is 0.517. The first-order valence-corrected chi connectivity index (χ1v) is 12.1. The summed E-state index contributed by atoms with van der Waals surface area (Å²) in [6.45, 7) is 15.7. The lowest BCUT2D eigenvalue weighted by Crippen LogP contribution is -2.51. The van der Waals surface area contributed by atoms with Gasteiger partial charge in [-0.15, -0.1) is 0 Å². The molecule has 5 heteroatoms. The van der Waals surface area contributed by atoms with Crippen LogP contribution in [0.2, 0.25) is 0 Å². The molecule has 5 nitrogen and oxygen atoms in total. The summed E-state index contributed by atoms with van der Waals surface area (Å²) in [6.07, 6.45) is 0.670. The number of esters is 2. The summed E-state index contributed by atoms with van der Waals surface area (Å²) in [5.74, 6) is 0.225. The Morgan fingerprint density at radius 2 is 1.53 bits per heavy atom. The van der Waals surface area contributed by atoms with Crippen LogP contribution in [-0.2, 0) is 20.9 Å². The van der Waals surface area contributed by atoms with Crippen LogP contribution < -0.4 is 10.5 Å². The van der Waals surface area contributed by atoms with Gasteiger partial charge in [0.05, 0.1) is 5.41 Å². The second-order valence-corrected chi connectivity index (χ2v) is 10.9. The minimum absolute atomic E-state index is 0.115. The summed E-state index contributed by atoms with van der Waals surface area (Å²) in [5, 5.41) is 0. The van der Waals surface area contributed by atoms with Crippen molar-refractivity contribution in [3.05, 3.63) is 65.2 Å². The van der Waals surface area contributed by atoms with Crippen LogP contribution >= 0.6 is 0 Å². The van der Waals surface area contributed by atoms with E-state index in [0.717, 1.165) is 16.7 Å². The summed E-state index contributed by atoms with van der Waals surface area (Å²) in [6, 6.07) is 15.8. The van der Waals surface area contributed by atoms with E-state index in [9.17, 15) is 9.59 Å². The van der Waals surface area contributed by atoms with Crippen LogP contribution in [0.15, 0.2) is 48.5 Å². The molecule has 0 aliphatic heterocycles. The number of hydrogen-bond donors (Lipinski definition) is 1. The molecule has 0 fully saturated rings. The Hall–Kier alpha value is -2.66. The third-order valence-corrected chi connectivity index (χ3v) is 6.62. The van der Waals surface area contributed by atoms with E-state index in [1.165, 1.54) is 6.92 Å². The van der Waals surface area contributed by atoms with Gasteiger partial charge in [-0.3, -0.25) is 9.59 Å². The molecule has 1 atom stereocenters. The molecule has 2 aromatic rings. The van der Waals surface area contributed by atoms with E-state index < -0.39 is 11.0 Å². The monoisotopic (exact) mass is 467 g/mol. The first kappa shape index (κ1) is 27.6. The molecule has 1 unspecified atom stereocenters. The van der Waals surface area contributed by atoms with Crippen LogP contribution in [0, 0.1) is 17.3 Å². The Bertz CT molecular complexity index is 965. The van der Waals surface area contributed by atoms with Gasteiger partial charge in [-0.25, -0.2) is 0 Å². The predicted octanol–water partition coefficient (Wildman–Crippen LogP) is 6.23. The van der Waals surface area contributed by atoms with Gasteiger partial charge in [-0.1, -0.05) is 64.1 Å². The molecule has 0 spiro atoms. The van der Waals surface area contributed by atoms with E-state index >= 15 is 0 Å². The summed E-state index contributed by atoms with van der Waals surface area (Å²) in [4.78, 5) is 24.2. The fourth-order valence-corrected chi connectivity index (χ4v) is 4.08. The number of carbonyl (C=O) groups excluding carboxylic acids is 2. The van der Waals surface area contributed by atoms with Crippen molar-refractivity contribution in [1.82, 2.24) is 0 Å². The second kappa shape index (κ2) is 11.2. The van der Waals surface area contributed by atoms with E-state index in [1.807, 2.05) is 51.1 Å². The smallest absolute Gasteiger partial charge is 0.316 e. The first-order valence-electron chi connectivity index (χ1n) is 12.1. The van der Waals surface area contributed by atoms with Crippen LogP contribution in [0.5, 0.6) is 5.75 Å². The van der Waals surface area contributed by atoms with Crippen molar-refractivity contribution in [2.45, 2.75) is 79.9 Å². The lowest BCUT2D eigenvalue weighted by Gasteiger charge is -2.41. The summed E-state index contributed by atoms with van der Waals surface area (Å²) in [5.41, 5.74) is 8.73. The molecule has 0 aliphatic carbocycles. The molecular formula is C29H41NO4. The van der Waals surface area contributed by atoms with Gasteiger partial charge in [0.25, 0.3) is 0 Å². The topological polar surface area (TPSA) is 78.6 Å². The molecule has 0 radical (unpaired) electrons. The number of hydrogen-bond acceptors (Lipinski definition) is 5. The summed E-state index contributed by atoms with van der Waals surface area (Å²) < 4.78 is 11.2. The van der Waals surface area contributed by atoms with E-state index in [0.29, 0.717) is 12.2 Å². The van der Waals surface area contributed by atoms with Gasteiger partial charge < -0.3 is 15.2 Å². The van der Waals surface area contributed by atoms with E-state index in [2.05, 4.69) is 39.8 Å². The third kappa shape index (κ3) is 6.92. The van der Waals surface area contributed by atoms with Crippen molar-refractivity contribution in [3.8, 4) is 5.75 Å². The Labute approximate surface area is 205 Å². The fourth-order valence-electron chi connectivity index (χ4n) is 4.08. The molecule has 2 aromatic carbocycles. The minimum Gasteiger partial charge on any atom is -0.461 e. The van der Waals surface area contributed by atoms with Gasteiger partial charge in [0, 0.05) is 23.9 Å². The lowest BCUT2D eigenvalue weighted by molar-refractivity contribution is -0.143. The highest BCUT2D eigenvalue weighted by molar-refractivity contribution is 5.78. The third-order valence-electron chi connectivity index (χ3n) is 6.62. The van der Waals surface area contributed by atoms with Gasteiger partial charge in [-0.05, 0) is 62.3 Å². The quantitative estimate of drug-likeness (QED) is 0.349. The standard InChI is InChI=1S/C29H41NO4/c1-19(2)29(30,20(3)4)17-25(23-12-10-9-11-13-23)24-16-22(18-33-21(5)31)14-15-26(24)34-27(32)28(6,7)8/h9-16,19-20,25H,17-18,30H2,1-8H3. The van der Waals surface area contributed by atoms with Crippen molar-refractivity contribution in [2.24, 2.45) is 23.0 Å². The molecule has 0 aliphatic rings. The Morgan fingerprint density at radius 3 is 2.03 bits per heavy atom. The van der Waals surface area contributed by atoms with Crippen molar-refractivity contribution in [2.75, 3.05) is 0 Å². The zero-order chi connectivity index (χ0) is 25.7. The SMILES string of the molecule is CC(=O)OCc1ccc(OC(=O)C(C)(C)C)c(C(CC(N)(C(C)C)C(C)C)c2ccccc2)c1. The highest BCUT2D eigenvalue weighted by Crippen LogP contribution is 2.42. The zero-order valence-electron chi connectivity index (χ0n) is 22.0. The first-order chi connectivity index (χ1) is 15.8. The zero-order valence-corrected chi connectivity index (χ0v) is 22.0. The average Bonchev–Trinajstić information content (AvgIpc) is 2.76. The molecule has 2 N–H and O–H groups in total. The molecule has 2 rings (SSSR count). The normalized spacial score (nSPS) is 13.1. The van der Waals surface area contributed by atoms with Gasteiger partial charge in [0.15, 0.2) is 0 Å². The van der Waals surface area contributed by atoms with Crippen molar-refractivity contribution in [3.63, 3.8) is 0 Å². The molecular weight excluding hydrogens is 426 g/mol. The van der Waals surface area contributed by atoms with Crippen molar-refractivity contribution >= 4 is 11.9 Å². The number of ether oxygens (including phenoxy) is 2. The van der Waals surface area contributed by atoms with Crippen molar-refractivity contribution < 1.29 is 19.1 Å². The van der Waals surface area contributed by atoms with Crippen LogP contribution in [0.4, 0.5) is 0 Å². The van der Waals surface area contributed by atoms with Crippen LogP contribution in [0.3, 0.4) is 0 Å². The van der Waals surface area contributed by atoms with Crippen LogP contribution in [0.1, 0.15) is 84.4 Å². The number of carbonyl (C=O) groups is 2. The van der Waals surface area contributed by atoms with E-state index in [1.54, 1.807) is 6.07 Å². The average molecular weight is 468 g/mol. The van der Waals surface area contributed by atoms with Crippen LogP contribution in [-0.4, -0.2) is 17.5 Å². The highest BCUT2D eigenvalue weighted by atomic mass is 16.5. The second-order valence-electron chi connectivity index (χ2n) is 10.9. The maximum absolute atomic E-state index is 12.8. The maximum atomic E-state index is 12.8. The van der Waals surface area contributed by atoms with E-state index in [4.69, 9.17) is 15.2 Å². The summed E-state index contributed by atoms with van der Waals surface area (Å²) >= 11 is 0. The Balaban J connectivity index is 2.68. The number of benzene rings is 2. The summed E-state index contributed by atoms with van der Waals surface area (Å²) in [7, 11) is 0. The Morgan fingerprint density at radius 1 is 0.941 bits per heavy atom. The molecule has 34 heavy (non-hydrogen) atoms. The molecule has 0 bridgehead atoms. The molecule has 0 saturated carbocycles. The molecule has 0 heterocycles. The number of nitrogens with two attached hydrogens (primary N) is 1. The van der Waals surface area contributed by atoms with Crippen molar-refractivity contribution in [1.29, 1.82) is 0 Å². The minimum atomic E-state index is -0.649. The van der Waals surface area contributed by atoms with Gasteiger partial charge in [0.2, 0.25) is 0 Å². The van der Waals surface area contributed by atoms with Gasteiger partial charge in [-0.2, -0.15) is 0 Å². The van der Waals surface area contributed by atoms with Gasteiger partial charge in [0.1, 0.15) is 12.4 Å². The molecule has 0 amide bonds. The van der Waals surface area contributed by atoms with E-state index in [-0.39, 0.29) is 36.3 Å². The maximum Gasteiger partial charge on any atom is 0.316 e. The largest absolute Gasteiger partial charge is 0.461 e.